The third-order valence-electron chi connectivity index (χ3n) is 3.13. The molecule has 0 aliphatic heterocycles. The van der Waals surface area contributed by atoms with Crippen molar-refractivity contribution in [2.45, 2.75) is 0 Å². The van der Waals surface area contributed by atoms with Crippen LogP contribution in [0.25, 0.3) is 11.3 Å². The molecule has 1 heterocycles. The van der Waals surface area contributed by atoms with Crippen molar-refractivity contribution >= 4 is 51.4 Å². The Balaban J connectivity index is 1.75. The predicted molar refractivity (Wildman–Crippen MR) is 96.6 cm³/mol. The zero-order valence-corrected chi connectivity index (χ0v) is 14.6. The number of halogens is 4. The molecule has 0 unspecified atom stereocenters. The van der Waals surface area contributed by atoms with Gasteiger partial charge in [0.05, 0.1) is 10.7 Å². The van der Waals surface area contributed by atoms with Crippen LogP contribution in [-0.4, -0.2) is 11.0 Å². The monoisotopic (exact) mass is 399 g/mol. The molecule has 4 nitrogen and oxygen atoms in total. The van der Waals surface area contributed by atoms with Crippen LogP contribution in [0.3, 0.4) is 0 Å². The lowest BCUT2D eigenvalue weighted by Crippen LogP contribution is -2.20. The number of aromatic nitrogens is 1. The van der Waals surface area contributed by atoms with E-state index in [4.69, 9.17) is 23.2 Å². The molecular formula is C16H9Cl2F2N3OS. The highest BCUT2D eigenvalue weighted by Crippen LogP contribution is 2.32. The molecule has 1 aromatic heterocycles. The van der Waals surface area contributed by atoms with Crippen LogP contribution in [0.4, 0.5) is 24.4 Å². The predicted octanol–water partition coefficient (Wildman–Crippen LogP) is 6.04. The Morgan fingerprint density at radius 1 is 1.08 bits per heavy atom. The van der Waals surface area contributed by atoms with Crippen molar-refractivity contribution in [2.75, 3.05) is 10.6 Å². The molecule has 0 fully saturated rings. The standard InChI is InChI=1S/C16H9Cl2F2N3OS/c17-8-4-5-10(18)9(6-8)13-7-25-16(21-13)23-15(24)22-14-11(19)2-1-3-12(14)20/h1-7H,(H2,21,22,23,24). The summed E-state index contributed by atoms with van der Waals surface area (Å²) in [6.07, 6.45) is 0. The summed E-state index contributed by atoms with van der Waals surface area (Å²) < 4.78 is 27.1. The van der Waals surface area contributed by atoms with Gasteiger partial charge in [-0.15, -0.1) is 11.3 Å². The molecule has 128 valence electrons. The van der Waals surface area contributed by atoms with E-state index in [2.05, 4.69) is 15.6 Å². The first-order valence-corrected chi connectivity index (χ1v) is 8.50. The quantitative estimate of drug-likeness (QED) is 0.563. The SMILES string of the molecule is O=C(Nc1nc(-c2cc(Cl)ccc2Cl)cs1)Nc1c(F)cccc1F. The van der Waals surface area contributed by atoms with E-state index in [0.29, 0.717) is 21.3 Å². The number of benzene rings is 2. The van der Waals surface area contributed by atoms with Gasteiger partial charge in [0.25, 0.3) is 0 Å². The second-order valence-electron chi connectivity index (χ2n) is 4.84. The van der Waals surface area contributed by atoms with Gasteiger partial charge in [0.15, 0.2) is 5.13 Å². The van der Waals surface area contributed by atoms with Crippen LogP contribution < -0.4 is 10.6 Å². The van der Waals surface area contributed by atoms with E-state index >= 15 is 0 Å². The molecule has 3 aromatic rings. The fourth-order valence-corrected chi connectivity index (χ4v) is 3.10. The Morgan fingerprint density at radius 2 is 1.80 bits per heavy atom. The van der Waals surface area contributed by atoms with Crippen molar-refractivity contribution < 1.29 is 13.6 Å². The first kappa shape index (κ1) is 17.6. The zero-order chi connectivity index (χ0) is 18.0. The number of amides is 2. The van der Waals surface area contributed by atoms with Gasteiger partial charge in [-0.3, -0.25) is 5.32 Å². The highest BCUT2D eigenvalue weighted by atomic mass is 35.5. The summed E-state index contributed by atoms with van der Waals surface area (Å²) in [5.74, 6) is -1.75. The number of nitrogens with zero attached hydrogens (tertiary/aromatic N) is 1. The van der Waals surface area contributed by atoms with Crippen molar-refractivity contribution in [3.63, 3.8) is 0 Å². The van der Waals surface area contributed by atoms with E-state index in [1.165, 1.54) is 6.07 Å². The molecule has 2 aromatic carbocycles. The van der Waals surface area contributed by atoms with Gasteiger partial charge in [0, 0.05) is 16.0 Å². The van der Waals surface area contributed by atoms with Crippen molar-refractivity contribution in [1.29, 1.82) is 0 Å². The van der Waals surface area contributed by atoms with Crippen LogP contribution >= 0.6 is 34.5 Å². The first-order chi connectivity index (χ1) is 11.9. The number of urea groups is 1. The molecule has 3 rings (SSSR count). The number of thiazole rings is 1. The molecule has 0 aliphatic carbocycles. The molecule has 9 heteroatoms. The number of rotatable bonds is 3. The van der Waals surface area contributed by atoms with Gasteiger partial charge in [0.2, 0.25) is 0 Å². The van der Waals surface area contributed by atoms with Crippen molar-refractivity contribution in [1.82, 2.24) is 4.98 Å². The molecule has 0 atom stereocenters. The van der Waals surface area contributed by atoms with Crippen molar-refractivity contribution in [3.05, 3.63) is 63.5 Å². The Morgan fingerprint density at radius 3 is 2.52 bits per heavy atom. The topological polar surface area (TPSA) is 54.0 Å². The fraction of sp³-hybridized carbons (Fsp3) is 0. The summed E-state index contributed by atoms with van der Waals surface area (Å²) in [6, 6.07) is 7.41. The average molecular weight is 400 g/mol. The number of para-hydroxylation sites is 1. The maximum absolute atomic E-state index is 13.5. The number of hydrogen-bond donors (Lipinski definition) is 2. The third-order valence-corrected chi connectivity index (χ3v) is 4.45. The Kier molecular flexibility index (Phi) is 5.17. The van der Waals surface area contributed by atoms with E-state index in [9.17, 15) is 13.6 Å². The summed E-state index contributed by atoms with van der Waals surface area (Å²) in [5, 5.41) is 7.40. The highest BCUT2D eigenvalue weighted by molar-refractivity contribution is 7.14. The molecular weight excluding hydrogens is 391 g/mol. The smallest absolute Gasteiger partial charge is 0.302 e. The van der Waals surface area contributed by atoms with E-state index in [-0.39, 0.29) is 5.13 Å². The van der Waals surface area contributed by atoms with E-state index in [1.807, 2.05) is 0 Å². The average Bonchev–Trinajstić information content (AvgIpc) is 3.01. The van der Waals surface area contributed by atoms with E-state index < -0.39 is 23.4 Å². The molecule has 2 amide bonds. The summed E-state index contributed by atoms with van der Waals surface area (Å²) in [6.45, 7) is 0. The van der Waals surface area contributed by atoms with Gasteiger partial charge in [-0.05, 0) is 30.3 Å². The molecule has 0 spiro atoms. The Labute approximate surface area is 155 Å². The second-order valence-corrected chi connectivity index (χ2v) is 6.54. The third kappa shape index (κ3) is 4.07. The van der Waals surface area contributed by atoms with Crippen LogP contribution in [-0.2, 0) is 0 Å². The van der Waals surface area contributed by atoms with Gasteiger partial charge < -0.3 is 5.32 Å². The molecule has 0 bridgehead atoms. The molecule has 0 saturated heterocycles. The highest BCUT2D eigenvalue weighted by Gasteiger charge is 2.14. The van der Waals surface area contributed by atoms with Gasteiger partial charge in [0.1, 0.15) is 17.3 Å². The number of hydrogen-bond acceptors (Lipinski definition) is 3. The molecule has 0 aliphatic rings. The Bertz CT molecular complexity index is 929. The largest absolute Gasteiger partial charge is 0.325 e. The zero-order valence-electron chi connectivity index (χ0n) is 12.3. The summed E-state index contributed by atoms with van der Waals surface area (Å²) in [4.78, 5) is 16.1. The van der Waals surface area contributed by atoms with Gasteiger partial charge >= 0.3 is 6.03 Å². The molecule has 0 saturated carbocycles. The normalized spacial score (nSPS) is 10.6. The van der Waals surface area contributed by atoms with Crippen LogP contribution in [0.5, 0.6) is 0 Å². The van der Waals surface area contributed by atoms with Crippen LogP contribution in [0.1, 0.15) is 0 Å². The lowest BCUT2D eigenvalue weighted by atomic mass is 10.2. The van der Waals surface area contributed by atoms with Crippen molar-refractivity contribution in [2.24, 2.45) is 0 Å². The maximum atomic E-state index is 13.5. The van der Waals surface area contributed by atoms with E-state index in [0.717, 1.165) is 23.5 Å². The second kappa shape index (κ2) is 7.35. The summed E-state index contributed by atoms with van der Waals surface area (Å²) >= 11 is 13.2. The van der Waals surface area contributed by atoms with Crippen LogP contribution in [0.15, 0.2) is 41.8 Å². The van der Waals surface area contributed by atoms with E-state index in [1.54, 1.807) is 23.6 Å². The lowest BCUT2D eigenvalue weighted by Gasteiger charge is -2.07. The van der Waals surface area contributed by atoms with Crippen LogP contribution in [0, 0.1) is 11.6 Å². The minimum atomic E-state index is -0.874. The summed E-state index contributed by atoms with van der Waals surface area (Å²) in [5.41, 5.74) is 0.596. The fourth-order valence-electron chi connectivity index (χ4n) is 2.01. The minimum absolute atomic E-state index is 0.236. The first-order valence-electron chi connectivity index (χ1n) is 6.87. The molecule has 25 heavy (non-hydrogen) atoms. The lowest BCUT2D eigenvalue weighted by molar-refractivity contribution is 0.262. The van der Waals surface area contributed by atoms with Crippen molar-refractivity contribution in [3.8, 4) is 11.3 Å². The maximum Gasteiger partial charge on any atom is 0.325 e. The Hall–Kier alpha value is -2.22. The number of carbonyl (C=O) groups excluding carboxylic acids is 1. The molecule has 0 radical (unpaired) electrons. The van der Waals surface area contributed by atoms with Gasteiger partial charge in [-0.1, -0.05) is 29.3 Å². The van der Waals surface area contributed by atoms with Gasteiger partial charge in [-0.2, -0.15) is 0 Å². The number of carbonyl (C=O) groups is 1. The summed E-state index contributed by atoms with van der Waals surface area (Å²) in [7, 11) is 0. The number of nitrogens with one attached hydrogen (secondary N) is 2. The minimum Gasteiger partial charge on any atom is -0.302 e. The molecule has 2 N–H and O–H groups in total. The van der Waals surface area contributed by atoms with Gasteiger partial charge in [-0.25, -0.2) is 18.6 Å². The van der Waals surface area contributed by atoms with Crippen LogP contribution in [0.2, 0.25) is 10.0 Å². The number of anilines is 2.